The zero-order valence-corrected chi connectivity index (χ0v) is 32.6. The van der Waals surface area contributed by atoms with Gasteiger partial charge in [0, 0.05) is 22.5 Å². The van der Waals surface area contributed by atoms with E-state index in [1.807, 2.05) is 84.9 Å². The molecule has 6 nitrogen and oxygen atoms in total. The summed E-state index contributed by atoms with van der Waals surface area (Å²) in [7, 11) is 3.24. The van der Waals surface area contributed by atoms with Crippen LogP contribution >= 0.6 is 23.5 Å². The summed E-state index contributed by atoms with van der Waals surface area (Å²) in [6, 6.07) is 43.3. The molecule has 0 spiro atoms. The summed E-state index contributed by atoms with van der Waals surface area (Å²) < 4.78 is 39.2. The highest BCUT2D eigenvalue weighted by Crippen LogP contribution is 2.52. The number of halogens is 2. The third-order valence-electron chi connectivity index (χ3n) is 9.74. The third-order valence-corrected chi connectivity index (χ3v) is 12.2. The van der Waals surface area contributed by atoms with E-state index < -0.39 is 10.7 Å². The predicted octanol–water partition coefficient (Wildman–Crippen LogP) is 11.2. The Bertz CT molecular complexity index is 2320. The number of anilines is 2. The minimum absolute atomic E-state index is 0.160. The van der Waals surface area contributed by atoms with E-state index in [-0.39, 0.29) is 23.4 Å². The lowest BCUT2D eigenvalue weighted by Gasteiger charge is -2.26. The van der Waals surface area contributed by atoms with Crippen LogP contribution in [-0.2, 0) is 16.0 Å². The van der Waals surface area contributed by atoms with Crippen molar-refractivity contribution in [3.05, 3.63) is 200 Å². The molecule has 0 aliphatic carbocycles. The molecule has 0 saturated carbocycles. The number of hydrogen-bond donors (Lipinski definition) is 0. The van der Waals surface area contributed by atoms with Crippen LogP contribution < -0.4 is 19.3 Å². The second-order valence-electron chi connectivity index (χ2n) is 13.4. The summed E-state index contributed by atoms with van der Waals surface area (Å²) in [4.78, 5) is 32.8. The van der Waals surface area contributed by atoms with Crippen LogP contribution in [0.4, 0.5) is 20.2 Å². The minimum atomic E-state index is -0.445. The molecule has 2 aliphatic rings. The third kappa shape index (κ3) is 7.96. The summed E-state index contributed by atoms with van der Waals surface area (Å²) in [5.41, 5.74) is 6.58. The Balaban J connectivity index is 1.15. The molecule has 2 heterocycles. The fraction of sp³-hybridized carbons (Fsp3) is 0.106. The van der Waals surface area contributed by atoms with Crippen molar-refractivity contribution in [1.29, 1.82) is 0 Å². The first kappa shape index (κ1) is 37.8. The van der Waals surface area contributed by atoms with E-state index >= 15 is 0 Å². The van der Waals surface area contributed by atoms with Gasteiger partial charge in [0.2, 0.25) is 0 Å². The first-order valence-electron chi connectivity index (χ1n) is 18.2. The van der Waals surface area contributed by atoms with Gasteiger partial charge in [0.15, 0.2) is 0 Å². The summed E-state index contributed by atoms with van der Waals surface area (Å²) in [6.45, 7) is 0. The van der Waals surface area contributed by atoms with Gasteiger partial charge in [-0.25, -0.2) is 8.78 Å². The first-order valence-corrected chi connectivity index (χ1v) is 19.9. The normalized spacial score (nSPS) is 18.2. The molecule has 0 bridgehead atoms. The van der Waals surface area contributed by atoms with Gasteiger partial charge in [0.05, 0.1) is 24.0 Å². The van der Waals surface area contributed by atoms with Crippen LogP contribution in [0.3, 0.4) is 0 Å². The molecule has 8 rings (SSSR count). The Kier molecular flexibility index (Phi) is 11.0. The van der Waals surface area contributed by atoms with Gasteiger partial charge in [-0.1, -0.05) is 96.3 Å². The molecule has 0 radical (unpaired) electrons. The Hall–Kier alpha value is -6.10. The van der Waals surface area contributed by atoms with Crippen LogP contribution in [0.1, 0.15) is 44.1 Å². The van der Waals surface area contributed by atoms with Crippen molar-refractivity contribution >= 4 is 58.9 Å². The smallest absolute Gasteiger partial charge is 0.266 e. The van der Waals surface area contributed by atoms with Crippen LogP contribution in [0, 0.1) is 11.6 Å². The predicted molar refractivity (Wildman–Crippen MR) is 226 cm³/mol. The van der Waals surface area contributed by atoms with Crippen molar-refractivity contribution in [1.82, 2.24) is 0 Å². The van der Waals surface area contributed by atoms with Gasteiger partial charge in [-0.05, 0) is 114 Å². The molecule has 284 valence electrons. The molecule has 2 atom stereocenters. The quantitative estimate of drug-likeness (QED) is 0.129. The number of carbonyl (C=O) groups is 2. The number of thioether (sulfide) groups is 2. The molecule has 2 aliphatic heterocycles. The van der Waals surface area contributed by atoms with Crippen molar-refractivity contribution in [3.63, 3.8) is 0 Å². The SMILES string of the molecule is COc1ccc(Cc2ccc(OC)c(C3S/C(=C\c4ccc(F)cc4)C(=O)N3c3ccccc3)c2)cc1C1S/C(=C\c2ccc(F)cc2)C(=O)N1c1ccccc1. The van der Waals surface area contributed by atoms with Crippen molar-refractivity contribution < 1.29 is 27.8 Å². The van der Waals surface area contributed by atoms with Gasteiger partial charge in [-0.15, -0.1) is 0 Å². The van der Waals surface area contributed by atoms with E-state index in [2.05, 4.69) is 12.1 Å². The monoisotopic (exact) mass is 794 g/mol. The topological polar surface area (TPSA) is 59.1 Å². The molecule has 6 aromatic rings. The molecule has 0 N–H and O–H groups in total. The van der Waals surface area contributed by atoms with Gasteiger partial charge in [-0.2, -0.15) is 0 Å². The van der Waals surface area contributed by atoms with Crippen LogP contribution in [0.2, 0.25) is 0 Å². The number of ether oxygens (including phenoxy) is 2. The Morgan fingerprint density at radius 2 is 0.930 bits per heavy atom. The Morgan fingerprint density at radius 1 is 0.544 bits per heavy atom. The Morgan fingerprint density at radius 3 is 1.30 bits per heavy atom. The van der Waals surface area contributed by atoms with Gasteiger partial charge in [-0.3, -0.25) is 19.4 Å². The van der Waals surface area contributed by atoms with E-state index in [0.29, 0.717) is 27.7 Å². The van der Waals surface area contributed by atoms with Crippen LogP contribution in [0.25, 0.3) is 12.2 Å². The van der Waals surface area contributed by atoms with Crippen LogP contribution in [0.5, 0.6) is 11.5 Å². The van der Waals surface area contributed by atoms with Gasteiger partial charge < -0.3 is 9.47 Å². The highest BCUT2D eigenvalue weighted by atomic mass is 32.2. The van der Waals surface area contributed by atoms with Crippen molar-refractivity contribution in [2.45, 2.75) is 17.2 Å². The fourth-order valence-corrected chi connectivity index (χ4v) is 9.56. The number of para-hydroxylation sites is 2. The number of nitrogens with zero attached hydrogens (tertiary/aromatic N) is 2. The lowest BCUT2D eigenvalue weighted by Crippen LogP contribution is -2.27. The summed E-state index contributed by atoms with van der Waals surface area (Å²) >= 11 is 2.85. The number of carbonyl (C=O) groups excluding carboxylic acids is 2. The van der Waals surface area contributed by atoms with E-state index in [4.69, 9.17) is 9.47 Å². The van der Waals surface area contributed by atoms with Crippen LogP contribution in [-0.4, -0.2) is 26.0 Å². The van der Waals surface area contributed by atoms with E-state index in [9.17, 15) is 18.4 Å². The molecule has 2 amide bonds. The zero-order valence-electron chi connectivity index (χ0n) is 31.0. The minimum Gasteiger partial charge on any atom is -0.496 e. The molecule has 6 aromatic carbocycles. The molecular weight excluding hydrogens is 759 g/mol. The number of amides is 2. The standard InChI is InChI=1S/C47H36F2N2O4S2/c1-54-40-23-17-32(26-38(40)46-50(36-9-5-3-6-10-36)44(52)42(56-46)28-30-13-19-34(48)20-14-30)25-33-18-24-41(55-2)39(27-33)47-51(37-11-7-4-8-12-37)45(53)43(57-47)29-31-15-21-35(49)22-16-31/h3-24,26-29,46-47H,25H2,1-2H3/b42-28-,43-29-. The van der Waals surface area contributed by atoms with Gasteiger partial charge in [0.1, 0.15) is 33.9 Å². The maximum atomic E-state index is 14.1. The number of hydrogen-bond acceptors (Lipinski definition) is 6. The number of methoxy groups -OCH3 is 2. The summed E-state index contributed by atoms with van der Waals surface area (Å²) in [6.07, 6.45) is 4.13. The van der Waals surface area contributed by atoms with Crippen molar-refractivity contribution in [2.24, 2.45) is 0 Å². The first-order chi connectivity index (χ1) is 27.8. The number of rotatable bonds is 10. The average Bonchev–Trinajstić information content (AvgIpc) is 3.74. The van der Waals surface area contributed by atoms with E-state index in [0.717, 1.165) is 44.8 Å². The maximum absolute atomic E-state index is 14.1. The Labute approximate surface area is 338 Å². The maximum Gasteiger partial charge on any atom is 0.266 e. The van der Waals surface area contributed by atoms with E-state index in [1.165, 1.54) is 47.8 Å². The second kappa shape index (κ2) is 16.6. The summed E-state index contributed by atoms with van der Waals surface area (Å²) in [5.74, 6) is 0.277. The molecular formula is C47H36F2N2O4S2. The van der Waals surface area contributed by atoms with E-state index in [1.54, 1.807) is 60.4 Å². The van der Waals surface area contributed by atoms with Crippen molar-refractivity contribution in [2.75, 3.05) is 24.0 Å². The highest BCUT2D eigenvalue weighted by Gasteiger charge is 2.41. The largest absolute Gasteiger partial charge is 0.496 e. The second-order valence-corrected chi connectivity index (χ2v) is 15.7. The molecule has 2 saturated heterocycles. The fourth-order valence-electron chi connectivity index (χ4n) is 7.01. The molecule has 0 aromatic heterocycles. The zero-order chi connectivity index (χ0) is 39.5. The molecule has 2 fully saturated rings. The molecule has 10 heteroatoms. The lowest BCUT2D eigenvalue weighted by atomic mass is 9.99. The van der Waals surface area contributed by atoms with Crippen LogP contribution in [0.15, 0.2) is 155 Å². The lowest BCUT2D eigenvalue weighted by molar-refractivity contribution is -0.115. The van der Waals surface area contributed by atoms with Crippen molar-refractivity contribution in [3.8, 4) is 11.5 Å². The highest BCUT2D eigenvalue weighted by molar-refractivity contribution is 8.05. The molecule has 57 heavy (non-hydrogen) atoms. The summed E-state index contributed by atoms with van der Waals surface area (Å²) in [5, 5.41) is -0.890. The van der Waals surface area contributed by atoms with Gasteiger partial charge in [0.25, 0.3) is 11.8 Å². The molecule has 2 unspecified atom stereocenters. The van der Waals surface area contributed by atoms with Gasteiger partial charge >= 0.3 is 0 Å². The average molecular weight is 795 g/mol. The number of benzene rings is 6.